The van der Waals surface area contributed by atoms with Crippen molar-refractivity contribution >= 4 is 36.9 Å². The van der Waals surface area contributed by atoms with Crippen LogP contribution in [0.5, 0.6) is 0 Å². The summed E-state index contributed by atoms with van der Waals surface area (Å²) in [5.74, 6) is 0.531. The molecule has 11 heteroatoms. The zero-order valence-corrected chi connectivity index (χ0v) is 22.6. The molecule has 0 saturated heterocycles. The van der Waals surface area contributed by atoms with Gasteiger partial charge in [0.15, 0.2) is 0 Å². The Hall–Kier alpha value is -3.25. The van der Waals surface area contributed by atoms with E-state index in [1.165, 1.54) is 11.8 Å². The fourth-order valence-corrected chi connectivity index (χ4v) is 7.15. The van der Waals surface area contributed by atoms with E-state index in [-0.39, 0.29) is 5.56 Å². The third-order valence-corrected chi connectivity index (χ3v) is 9.25. The van der Waals surface area contributed by atoms with Gasteiger partial charge in [0.2, 0.25) is 5.36 Å². The Morgan fingerprint density at radius 2 is 1.58 bits per heavy atom. The van der Waals surface area contributed by atoms with Crippen LogP contribution in [0.1, 0.15) is 24.0 Å². The number of nitrogens with zero attached hydrogens (tertiary/aromatic N) is 2. The van der Waals surface area contributed by atoms with Crippen LogP contribution in [-0.2, 0) is 33.1 Å². The Morgan fingerprint density at radius 1 is 0.868 bits per heavy atom. The summed E-state index contributed by atoms with van der Waals surface area (Å²) >= 11 is 0. The molecule has 3 aliphatic heterocycles. The van der Waals surface area contributed by atoms with Crippen LogP contribution in [0.15, 0.2) is 56.7 Å². The summed E-state index contributed by atoms with van der Waals surface area (Å²) in [6.07, 6.45) is 3.65. The third kappa shape index (κ3) is 4.01. The Bertz CT molecular complexity index is 1900. The number of rotatable bonds is 3. The normalized spacial score (nSPS) is 15.6. The van der Waals surface area contributed by atoms with Crippen molar-refractivity contribution < 1.29 is 30.4 Å². The summed E-state index contributed by atoms with van der Waals surface area (Å²) in [7, 11) is -5.77. The molecule has 0 saturated carbocycles. The predicted molar refractivity (Wildman–Crippen MR) is 144 cm³/mol. The second-order valence-corrected chi connectivity index (χ2v) is 12.9. The van der Waals surface area contributed by atoms with Crippen molar-refractivity contribution in [2.75, 3.05) is 32.1 Å². The molecule has 3 heterocycles. The quantitative estimate of drug-likeness (QED) is 0.224. The minimum absolute atomic E-state index is 0.124. The van der Waals surface area contributed by atoms with Crippen LogP contribution in [-0.4, -0.2) is 53.1 Å². The molecule has 0 unspecified atom stereocenters. The van der Waals surface area contributed by atoms with Gasteiger partial charge in [0.05, 0.1) is 11.0 Å². The van der Waals surface area contributed by atoms with Gasteiger partial charge in [-0.25, -0.2) is 4.58 Å². The average molecular weight is 556 g/mol. The summed E-state index contributed by atoms with van der Waals surface area (Å²) in [6.45, 7) is 1.95. The lowest BCUT2D eigenvalue weighted by atomic mass is 9.86. The second-order valence-electron chi connectivity index (χ2n) is 10.1. The van der Waals surface area contributed by atoms with Crippen LogP contribution in [0.3, 0.4) is 0 Å². The molecule has 2 N–H and O–H groups in total. The van der Waals surface area contributed by atoms with E-state index in [9.17, 15) is 25.9 Å². The molecule has 0 amide bonds. The number of anilines is 1. The molecule has 9 nitrogen and oxygen atoms in total. The van der Waals surface area contributed by atoms with Crippen molar-refractivity contribution in [1.82, 2.24) is 4.58 Å². The zero-order valence-electron chi connectivity index (χ0n) is 20.9. The smallest absolute Gasteiger partial charge is 0.295 e. The highest BCUT2D eigenvalue weighted by molar-refractivity contribution is 7.86. The Labute approximate surface area is 220 Å². The molecule has 0 radical (unpaired) electrons. The van der Waals surface area contributed by atoms with Crippen LogP contribution in [0.25, 0.3) is 33.4 Å². The molecule has 0 aromatic heterocycles. The lowest BCUT2D eigenvalue weighted by molar-refractivity contribution is 0.481. The minimum Gasteiger partial charge on any atom is -0.455 e. The Morgan fingerprint density at radius 3 is 2.26 bits per heavy atom. The molecule has 0 fully saturated rings. The molecule has 38 heavy (non-hydrogen) atoms. The highest BCUT2D eigenvalue weighted by Gasteiger charge is 2.31. The molecular weight excluding hydrogens is 528 g/mol. The van der Waals surface area contributed by atoms with Crippen LogP contribution < -0.4 is 14.8 Å². The van der Waals surface area contributed by atoms with Gasteiger partial charge in [-0.3, -0.25) is 9.11 Å². The average Bonchev–Trinajstić information content (AvgIpc) is 2.86. The second kappa shape index (κ2) is 8.63. The molecule has 4 aliphatic rings. The monoisotopic (exact) mass is 555 g/mol. The first-order valence-electron chi connectivity index (χ1n) is 12.3. The van der Waals surface area contributed by atoms with E-state index in [1.807, 2.05) is 42.9 Å². The maximum Gasteiger partial charge on any atom is 0.295 e. The van der Waals surface area contributed by atoms with E-state index in [0.29, 0.717) is 27.9 Å². The zero-order chi connectivity index (χ0) is 27.0. The van der Waals surface area contributed by atoms with Crippen molar-refractivity contribution in [3.05, 3.63) is 58.9 Å². The number of fused-ring (bicyclic) bond motifs is 3. The molecule has 198 valence electrons. The molecule has 2 aromatic carbocycles. The number of hydrogen-bond donors (Lipinski definition) is 2. The van der Waals surface area contributed by atoms with Gasteiger partial charge in [0, 0.05) is 52.5 Å². The molecule has 0 atom stereocenters. The van der Waals surface area contributed by atoms with Gasteiger partial charge in [0.25, 0.3) is 20.2 Å². The van der Waals surface area contributed by atoms with Gasteiger partial charge in [-0.1, -0.05) is 6.07 Å². The van der Waals surface area contributed by atoms with Gasteiger partial charge in [-0.15, -0.1) is 0 Å². The van der Waals surface area contributed by atoms with Gasteiger partial charge in [0.1, 0.15) is 30.3 Å². The largest absolute Gasteiger partial charge is 0.455 e. The summed E-state index contributed by atoms with van der Waals surface area (Å²) in [5.41, 5.74) is 5.32. The SMILES string of the molecule is C[N+](C)=c1ccc2c(-c3ccc(S(=O)(=O)O)cc3S(=O)(=O)O)c3cc4c5c(c3oc-2c1)CCCN5CCC4. The first kappa shape index (κ1) is 25.1. The predicted octanol–water partition coefficient (Wildman–Crippen LogP) is 3.43. The van der Waals surface area contributed by atoms with E-state index in [1.54, 1.807) is 0 Å². The highest BCUT2D eigenvalue weighted by Crippen LogP contribution is 2.48. The number of hydrogen-bond acceptors (Lipinski definition) is 6. The summed E-state index contributed by atoms with van der Waals surface area (Å²) in [4.78, 5) is 1.16. The lowest BCUT2D eigenvalue weighted by Crippen LogP contribution is -2.34. The summed E-state index contributed by atoms with van der Waals surface area (Å²) in [6, 6.07) is 10.9. The minimum atomic E-state index is -4.88. The van der Waals surface area contributed by atoms with Crippen molar-refractivity contribution in [2.45, 2.75) is 35.5 Å². The van der Waals surface area contributed by atoms with E-state index < -0.39 is 30.0 Å². The Kier molecular flexibility index (Phi) is 5.69. The maximum absolute atomic E-state index is 12.6. The van der Waals surface area contributed by atoms with Crippen LogP contribution in [0.4, 0.5) is 5.69 Å². The first-order valence-corrected chi connectivity index (χ1v) is 15.2. The molecular formula is C27H27N2O7S2+. The van der Waals surface area contributed by atoms with Crippen molar-refractivity contribution in [1.29, 1.82) is 0 Å². The van der Waals surface area contributed by atoms with Crippen molar-refractivity contribution in [3.8, 4) is 22.5 Å². The Balaban J connectivity index is 1.82. The van der Waals surface area contributed by atoms with Crippen molar-refractivity contribution in [3.63, 3.8) is 0 Å². The molecule has 2 aromatic rings. The molecule has 0 spiro atoms. The topological polar surface area (TPSA) is 128 Å². The van der Waals surface area contributed by atoms with Crippen LogP contribution in [0.2, 0.25) is 0 Å². The van der Waals surface area contributed by atoms with E-state index in [4.69, 9.17) is 4.42 Å². The molecule has 0 bridgehead atoms. The number of aryl methyl sites for hydroxylation is 2. The third-order valence-electron chi connectivity index (χ3n) is 7.50. The highest BCUT2D eigenvalue weighted by atomic mass is 32.2. The van der Waals surface area contributed by atoms with E-state index in [0.717, 1.165) is 67.4 Å². The van der Waals surface area contributed by atoms with E-state index >= 15 is 0 Å². The lowest BCUT2D eigenvalue weighted by Gasteiger charge is -2.37. The summed E-state index contributed by atoms with van der Waals surface area (Å²) in [5, 5.41) is 1.58. The standard InChI is InChI=1S/C27H26N2O7S2/c1-28(2)17-7-9-19-23(14-17)36-27-21-6-4-12-29-11-3-5-16(26(21)29)13-22(27)25(19)20-10-8-18(37(30,31)32)15-24(20)38(33,34)35/h7-10,13-15H,3-6,11-12H2,1-2H3,(H-,30,31,32,33,34,35)/p+1. The van der Waals surface area contributed by atoms with Gasteiger partial charge < -0.3 is 9.32 Å². The van der Waals surface area contributed by atoms with Crippen LogP contribution in [0, 0.1) is 0 Å². The first-order chi connectivity index (χ1) is 17.9. The van der Waals surface area contributed by atoms with E-state index in [2.05, 4.69) is 4.90 Å². The maximum atomic E-state index is 12.6. The molecule has 1 aliphatic carbocycles. The van der Waals surface area contributed by atoms with Gasteiger partial charge in [-0.2, -0.15) is 16.8 Å². The molecule has 6 rings (SSSR count). The van der Waals surface area contributed by atoms with Crippen LogP contribution >= 0.6 is 0 Å². The van der Waals surface area contributed by atoms with Crippen molar-refractivity contribution in [2.24, 2.45) is 0 Å². The number of benzene rings is 3. The fraction of sp³-hybridized carbons (Fsp3) is 0.296. The summed E-state index contributed by atoms with van der Waals surface area (Å²) < 4.78 is 77.0. The van der Waals surface area contributed by atoms with Gasteiger partial charge >= 0.3 is 0 Å². The van der Waals surface area contributed by atoms with Gasteiger partial charge in [-0.05, 0) is 55.5 Å². The fourth-order valence-electron chi connectivity index (χ4n) is 5.84.